The average Bonchev–Trinajstić information content (AvgIpc) is 2.96. The van der Waals surface area contributed by atoms with Gasteiger partial charge >= 0.3 is 5.97 Å². The maximum atomic E-state index is 11.8. The molecule has 2 rings (SSSR count). The van der Waals surface area contributed by atoms with Gasteiger partial charge in [0.2, 0.25) is 11.8 Å². The van der Waals surface area contributed by atoms with Crippen LogP contribution in [0.1, 0.15) is 37.5 Å². The van der Waals surface area contributed by atoms with E-state index in [0.717, 1.165) is 0 Å². The molecule has 0 radical (unpaired) electrons. The van der Waals surface area contributed by atoms with Gasteiger partial charge in [-0.1, -0.05) is 5.16 Å². The standard InChI is InChI=1S/C10H13N3O4/c1-5(7-12-6(2)13-17-7)11-8(14)10(3-4-10)9(15)16/h5H,3-4H2,1-2H3,(H,11,14)(H,15,16). The summed E-state index contributed by atoms with van der Waals surface area (Å²) in [6, 6.07) is -0.486. The second kappa shape index (κ2) is 3.83. The number of amides is 1. The Labute approximate surface area is 97.2 Å². The molecule has 1 unspecified atom stereocenters. The molecule has 17 heavy (non-hydrogen) atoms. The Hall–Kier alpha value is -1.92. The molecular weight excluding hydrogens is 226 g/mol. The smallest absolute Gasteiger partial charge is 0.319 e. The van der Waals surface area contributed by atoms with Crippen LogP contribution in [0, 0.1) is 12.3 Å². The van der Waals surface area contributed by atoms with Gasteiger partial charge in [0.1, 0.15) is 11.5 Å². The van der Waals surface area contributed by atoms with Crippen LogP contribution in [0.3, 0.4) is 0 Å². The van der Waals surface area contributed by atoms with Crippen LogP contribution >= 0.6 is 0 Å². The highest BCUT2D eigenvalue weighted by Gasteiger charge is 2.57. The predicted octanol–water partition coefficient (Wildman–Crippen LogP) is 0.420. The summed E-state index contributed by atoms with van der Waals surface area (Å²) in [5.41, 5.74) is -1.25. The number of nitrogens with zero attached hydrogens (tertiary/aromatic N) is 2. The summed E-state index contributed by atoms with van der Waals surface area (Å²) in [5, 5.41) is 15.1. The number of hydrogen-bond donors (Lipinski definition) is 2. The fourth-order valence-electron chi connectivity index (χ4n) is 1.55. The fourth-order valence-corrected chi connectivity index (χ4v) is 1.55. The van der Waals surface area contributed by atoms with Gasteiger partial charge in [0, 0.05) is 0 Å². The first-order valence-corrected chi connectivity index (χ1v) is 5.30. The number of nitrogens with one attached hydrogen (secondary N) is 1. The Bertz CT molecular complexity index is 464. The first-order valence-electron chi connectivity index (χ1n) is 5.30. The molecule has 1 aromatic heterocycles. The van der Waals surface area contributed by atoms with Crippen molar-refractivity contribution >= 4 is 11.9 Å². The second-order valence-corrected chi connectivity index (χ2v) is 4.26. The van der Waals surface area contributed by atoms with E-state index in [0.29, 0.717) is 18.7 Å². The van der Waals surface area contributed by atoms with E-state index >= 15 is 0 Å². The number of hydrogen-bond acceptors (Lipinski definition) is 5. The molecule has 0 spiro atoms. The highest BCUT2D eigenvalue weighted by atomic mass is 16.5. The number of aryl methyl sites for hydroxylation is 1. The lowest BCUT2D eigenvalue weighted by Crippen LogP contribution is -2.38. The minimum absolute atomic E-state index is 0.275. The third kappa shape index (κ3) is 2.00. The molecule has 1 atom stereocenters. The molecule has 1 fully saturated rings. The van der Waals surface area contributed by atoms with Crippen molar-refractivity contribution in [2.45, 2.75) is 32.7 Å². The molecule has 2 N–H and O–H groups in total. The lowest BCUT2D eigenvalue weighted by atomic mass is 10.1. The maximum Gasteiger partial charge on any atom is 0.319 e. The summed E-state index contributed by atoms with van der Waals surface area (Å²) in [5.74, 6) is -0.824. The van der Waals surface area contributed by atoms with E-state index in [1.54, 1.807) is 13.8 Å². The SMILES string of the molecule is Cc1noc(C(C)NC(=O)C2(C(=O)O)CC2)n1. The number of aromatic nitrogens is 2. The van der Waals surface area contributed by atoms with Crippen LogP contribution in [0.5, 0.6) is 0 Å². The van der Waals surface area contributed by atoms with Crippen molar-refractivity contribution in [2.24, 2.45) is 5.41 Å². The van der Waals surface area contributed by atoms with E-state index in [-0.39, 0.29) is 5.89 Å². The van der Waals surface area contributed by atoms with Gasteiger partial charge in [-0.2, -0.15) is 4.98 Å². The highest BCUT2D eigenvalue weighted by Crippen LogP contribution is 2.46. The van der Waals surface area contributed by atoms with Crippen LogP contribution in [0.2, 0.25) is 0 Å². The molecule has 1 heterocycles. The summed E-state index contributed by atoms with van der Waals surface area (Å²) in [4.78, 5) is 26.7. The lowest BCUT2D eigenvalue weighted by Gasteiger charge is -2.13. The summed E-state index contributed by atoms with van der Waals surface area (Å²) in [6.45, 7) is 3.34. The van der Waals surface area contributed by atoms with Gasteiger partial charge in [-0.25, -0.2) is 0 Å². The minimum Gasteiger partial charge on any atom is -0.480 e. The van der Waals surface area contributed by atoms with Crippen LogP contribution in [0.25, 0.3) is 0 Å². The van der Waals surface area contributed by atoms with E-state index in [9.17, 15) is 9.59 Å². The predicted molar refractivity (Wildman–Crippen MR) is 54.9 cm³/mol. The monoisotopic (exact) mass is 239 g/mol. The van der Waals surface area contributed by atoms with Gasteiger partial charge in [0.05, 0.1) is 0 Å². The third-order valence-electron chi connectivity index (χ3n) is 2.86. The number of carbonyl (C=O) groups excluding carboxylic acids is 1. The normalized spacial score (nSPS) is 18.5. The van der Waals surface area contributed by atoms with Crippen molar-refractivity contribution in [2.75, 3.05) is 0 Å². The molecule has 7 nitrogen and oxygen atoms in total. The fraction of sp³-hybridized carbons (Fsp3) is 0.600. The van der Waals surface area contributed by atoms with Gasteiger partial charge in [0.25, 0.3) is 0 Å². The van der Waals surface area contributed by atoms with Crippen LogP contribution in [-0.2, 0) is 9.59 Å². The quantitative estimate of drug-likeness (QED) is 0.737. The first-order chi connectivity index (χ1) is 7.95. The van der Waals surface area contributed by atoms with Crippen molar-refractivity contribution in [1.29, 1.82) is 0 Å². The van der Waals surface area contributed by atoms with Crippen molar-refractivity contribution in [3.8, 4) is 0 Å². The van der Waals surface area contributed by atoms with Gasteiger partial charge in [-0.05, 0) is 26.7 Å². The summed E-state index contributed by atoms with van der Waals surface area (Å²) >= 11 is 0. The number of rotatable bonds is 4. The molecular formula is C10H13N3O4. The molecule has 1 saturated carbocycles. The van der Waals surface area contributed by atoms with Crippen LogP contribution in [-0.4, -0.2) is 27.1 Å². The Morgan fingerprint density at radius 2 is 2.18 bits per heavy atom. The zero-order chi connectivity index (χ0) is 12.6. The van der Waals surface area contributed by atoms with Crippen LogP contribution in [0.4, 0.5) is 0 Å². The average molecular weight is 239 g/mol. The maximum absolute atomic E-state index is 11.8. The Morgan fingerprint density at radius 3 is 2.59 bits per heavy atom. The molecule has 1 aromatic rings. The molecule has 1 aliphatic carbocycles. The molecule has 92 valence electrons. The summed E-state index contributed by atoms with van der Waals surface area (Å²) in [6.07, 6.45) is 0.757. The molecule has 7 heteroatoms. The molecule has 0 bridgehead atoms. The largest absolute Gasteiger partial charge is 0.480 e. The van der Waals surface area contributed by atoms with E-state index in [1.807, 2.05) is 0 Å². The highest BCUT2D eigenvalue weighted by molar-refractivity contribution is 6.04. The van der Waals surface area contributed by atoms with Gasteiger partial charge in [0.15, 0.2) is 5.82 Å². The van der Waals surface area contributed by atoms with E-state index in [4.69, 9.17) is 9.63 Å². The number of carbonyl (C=O) groups is 2. The van der Waals surface area contributed by atoms with Gasteiger partial charge in [-0.3, -0.25) is 9.59 Å². The Kier molecular flexibility index (Phi) is 2.60. The Balaban J connectivity index is 2.02. The molecule has 1 amide bonds. The van der Waals surface area contributed by atoms with E-state index in [1.165, 1.54) is 0 Å². The number of carboxylic acid groups (broad SMARTS) is 1. The minimum atomic E-state index is -1.25. The number of aliphatic carboxylic acids is 1. The summed E-state index contributed by atoms with van der Waals surface area (Å²) < 4.78 is 4.90. The lowest BCUT2D eigenvalue weighted by molar-refractivity contribution is -0.149. The van der Waals surface area contributed by atoms with Crippen molar-refractivity contribution in [3.63, 3.8) is 0 Å². The molecule has 0 aliphatic heterocycles. The second-order valence-electron chi connectivity index (χ2n) is 4.26. The number of carboxylic acids is 1. The molecule has 0 saturated heterocycles. The topological polar surface area (TPSA) is 105 Å². The zero-order valence-electron chi connectivity index (χ0n) is 9.56. The van der Waals surface area contributed by atoms with Crippen molar-refractivity contribution in [3.05, 3.63) is 11.7 Å². The molecule has 0 aromatic carbocycles. The van der Waals surface area contributed by atoms with Gasteiger partial charge in [-0.15, -0.1) is 0 Å². The van der Waals surface area contributed by atoms with Crippen molar-refractivity contribution in [1.82, 2.24) is 15.5 Å². The van der Waals surface area contributed by atoms with Crippen LogP contribution < -0.4 is 5.32 Å². The zero-order valence-corrected chi connectivity index (χ0v) is 9.56. The van der Waals surface area contributed by atoms with E-state index < -0.39 is 23.3 Å². The molecule has 1 aliphatic rings. The van der Waals surface area contributed by atoms with Gasteiger partial charge < -0.3 is 14.9 Å². The Morgan fingerprint density at radius 1 is 1.53 bits per heavy atom. The van der Waals surface area contributed by atoms with Crippen LogP contribution in [0.15, 0.2) is 4.52 Å². The van der Waals surface area contributed by atoms with E-state index in [2.05, 4.69) is 15.5 Å². The third-order valence-corrected chi connectivity index (χ3v) is 2.86. The van der Waals surface area contributed by atoms with Crippen molar-refractivity contribution < 1.29 is 19.2 Å². The first kappa shape index (κ1) is 11.6. The summed E-state index contributed by atoms with van der Waals surface area (Å²) in [7, 11) is 0.